The van der Waals surface area contributed by atoms with E-state index >= 15 is 0 Å². The molecule has 2 aromatic carbocycles. The van der Waals surface area contributed by atoms with E-state index in [4.69, 9.17) is 0 Å². The Hall–Kier alpha value is -2.39. The fourth-order valence-electron chi connectivity index (χ4n) is 3.20. The number of anilines is 1. The normalized spacial score (nSPS) is 12.3. The molecule has 9 heteroatoms. The van der Waals surface area contributed by atoms with E-state index in [0.29, 0.717) is 12.1 Å². The number of nitrogens with one attached hydrogen (secondary N) is 1. The van der Waals surface area contributed by atoms with Gasteiger partial charge in [-0.1, -0.05) is 46.3 Å². The highest BCUT2D eigenvalue weighted by Gasteiger charge is 2.29. The summed E-state index contributed by atoms with van der Waals surface area (Å²) < 4.78 is 26.8. The van der Waals surface area contributed by atoms with Gasteiger partial charge in [-0.05, 0) is 57.0 Å². The second kappa shape index (κ2) is 11.5. The van der Waals surface area contributed by atoms with E-state index < -0.39 is 28.5 Å². The maximum Gasteiger partial charge on any atom is 0.244 e. The second-order valence-electron chi connectivity index (χ2n) is 7.91. The number of nitrogens with zero attached hydrogens (tertiary/aromatic N) is 2. The third-order valence-electron chi connectivity index (χ3n) is 4.88. The van der Waals surface area contributed by atoms with Crippen molar-refractivity contribution in [3.63, 3.8) is 0 Å². The topological polar surface area (TPSA) is 86.8 Å². The zero-order valence-electron chi connectivity index (χ0n) is 18.8. The van der Waals surface area contributed by atoms with Crippen molar-refractivity contribution in [3.05, 3.63) is 64.6 Å². The van der Waals surface area contributed by atoms with Crippen molar-refractivity contribution in [2.45, 2.75) is 39.3 Å². The van der Waals surface area contributed by atoms with Crippen LogP contribution < -0.4 is 9.62 Å². The lowest BCUT2D eigenvalue weighted by Gasteiger charge is -2.31. The van der Waals surface area contributed by atoms with Gasteiger partial charge in [0.05, 0.1) is 11.9 Å². The molecule has 174 valence electrons. The van der Waals surface area contributed by atoms with Crippen molar-refractivity contribution in [2.24, 2.45) is 0 Å². The van der Waals surface area contributed by atoms with Gasteiger partial charge >= 0.3 is 0 Å². The number of carbonyl (C=O) groups excluding carboxylic acids is 2. The lowest BCUT2D eigenvalue weighted by atomic mass is 10.1. The molecule has 0 saturated heterocycles. The monoisotopic (exact) mass is 523 g/mol. The number of halogens is 1. The Morgan fingerprint density at radius 1 is 1.00 bits per heavy atom. The molecule has 0 aliphatic heterocycles. The Bertz CT molecular complexity index is 1010. The van der Waals surface area contributed by atoms with Gasteiger partial charge in [0.25, 0.3) is 0 Å². The molecule has 0 fully saturated rings. The molecule has 7 nitrogen and oxygen atoms in total. The summed E-state index contributed by atoms with van der Waals surface area (Å²) in [5, 5.41) is 2.83. The molecule has 1 N–H and O–H groups in total. The van der Waals surface area contributed by atoms with Crippen LogP contribution in [0.1, 0.15) is 26.3 Å². The fourth-order valence-corrected chi connectivity index (χ4v) is 4.31. The summed E-state index contributed by atoms with van der Waals surface area (Å²) in [4.78, 5) is 27.4. The molecule has 32 heavy (non-hydrogen) atoms. The van der Waals surface area contributed by atoms with E-state index in [1.54, 1.807) is 31.2 Å². The maximum atomic E-state index is 13.3. The van der Waals surface area contributed by atoms with Crippen LogP contribution in [0.5, 0.6) is 0 Å². The number of amides is 2. The quantitative estimate of drug-likeness (QED) is 0.517. The van der Waals surface area contributed by atoms with Gasteiger partial charge in [-0.3, -0.25) is 13.9 Å². The minimum Gasteiger partial charge on any atom is -0.352 e. The summed E-state index contributed by atoms with van der Waals surface area (Å²) in [6, 6.07) is 15.5. The van der Waals surface area contributed by atoms with Crippen LogP contribution in [0.4, 0.5) is 5.69 Å². The number of benzene rings is 2. The minimum atomic E-state index is -3.72. The summed E-state index contributed by atoms with van der Waals surface area (Å²) in [6.07, 6.45) is 1.61. The van der Waals surface area contributed by atoms with Crippen molar-refractivity contribution < 1.29 is 18.0 Å². The summed E-state index contributed by atoms with van der Waals surface area (Å²) in [5.41, 5.74) is 1.40. The summed E-state index contributed by atoms with van der Waals surface area (Å²) >= 11 is 3.33. The highest BCUT2D eigenvalue weighted by Crippen LogP contribution is 2.21. The third-order valence-corrected chi connectivity index (χ3v) is 6.55. The first-order valence-corrected chi connectivity index (χ1v) is 13.0. The van der Waals surface area contributed by atoms with E-state index in [2.05, 4.69) is 21.2 Å². The molecule has 0 spiro atoms. The Labute approximate surface area is 199 Å². The fraction of sp³-hybridized carbons (Fsp3) is 0.391. The molecular weight excluding hydrogens is 494 g/mol. The van der Waals surface area contributed by atoms with Gasteiger partial charge in [0.15, 0.2) is 0 Å². The molecule has 0 bridgehead atoms. The van der Waals surface area contributed by atoms with Gasteiger partial charge in [-0.25, -0.2) is 8.42 Å². The molecule has 0 heterocycles. The van der Waals surface area contributed by atoms with Gasteiger partial charge in [-0.2, -0.15) is 0 Å². The lowest BCUT2D eigenvalue weighted by Crippen LogP contribution is -2.53. The minimum absolute atomic E-state index is 0.0775. The lowest BCUT2D eigenvalue weighted by molar-refractivity contribution is -0.139. The van der Waals surface area contributed by atoms with Crippen molar-refractivity contribution in [2.75, 3.05) is 23.7 Å². The first-order chi connectivity index (χ1) is 15.0. The Kier molecular flexibility index (Phi) is 9.27. The van der Waals surface area contributed by atoms with E-state index in [1.807, 2.05) is 44.2 Å². The highest BCUT2D eigenvalue weighted by molar-refractivity contribution is 9.10. The average Bonchev–Trinajstić information content (AvgIpc) is 2.72. The zero-order chi connectivity index (χ0) is 23.9. The van der Waals surface area contributed by atoms with Gasteiger partial charge in [0, 0.05) is 17.1 Å². The van der Waals surface area contributed by atoms with E-state index in [9.17, 15) is 18.0 Å². The van der Waals surface area contributed by atoms with E-state index in [1.165, 1.54) is 4.90 Å². The van der Waals surface area contributed by atoms with Gasteiger partial charge in [0.2, 0.25) is 21.8 Å². The Morgan fingerprint density at radius 2 is 1.59 bits per heavy atom. The number of carbonyl (C=O) groups is 2. The third kappa shape index (κ3) is 7.63. The Balaban J connectivity index is 2.29. The molecule has 2 rings (SSSR count). The Morgan fingerprint density at radius 3 is 2.12 bits per heavy atom. The average molecular weight is 524 g/mol. The molecule has 1 atom stereocenters. The largest absolute Gasteiger partial charge is 0.352 e. The second-order valence-corrected chi connectivity index (χ2v) is 10.7. The van der Waals surface area contributed by atoms with Crippen LogP contribution >= 0.6 is 15.9 Å². The first-order valence-electron chi connectivity index (χ1n) is 10.4. The molecule has 2 amide bonds. The first kappa shape index (κ1) is 25.9. The number of hydrogen-bond donors (Lipinski definition) is 1. The molecule has 0 aromatic heterocycles. The molecule has 2 aromatic rings. The van der Waals surface area contributed by atoms with Gasteiger partial charge in [0.1, 0.15) is 12.6 Å². The van der Waals surface area contributed by atoms with Crippen LogP contribution in [0.3, 0.4) is 0 Å². The molecule has 0 unspecified atom stereocenters. The summed E-state index contributed by atoms with van der Waals surface area (Å²) in [6.45, 7) is 5.24. The zero-order valence-corrected chi connectivity index (χ0v) is 21.2. The van der Waals surface area contributed by atoms with Crippen LogP contribution in [0.2, 0.25) is 0 Å². The van der Waals surface area contributed by atoms with Gasteiger partial charge in [-0.15, -0.1) is 0 Å². The molecule has 0 aliphatic rings. The maximum absolute atomic E-state index is 13.3. The highest BCUT2D eigenvalue weighted by atomic mass is 79.9. The number of hydrogen-bond acceptors (Lipinski definition) is 4. The molecule has 0 saturated carbocycles. The van der Waals surface area contributed by atoms with E-state index in [-0.39, 0.29) is 18.5 Å². The van der Waals surface area contributed by atoms with Crippen LogP contribution in [0, 0.1) is 0 Å². The van der Waals surface area contributed by atoms with Crippen LogP contribution in [0.25, 0.3) is 0 Å². The van der Waals surface area contributed by atoms with Crippen molar-refractivity contribution in [3.8, 4) is 0 Å². The molecule has 0 radical (unpaired) electrons. The van der Waals surface area contributed by atoms with Crippen LogP contribution in [-0.4, -0.2) is 56.6 Å². The SMILES string of the molecule is CC(C)NC(=O)[C@H](C)N(CCc1ccccc1)C(=O)CN(c1ccc(Br)cc1)S(C)(=O)=O. The van der Waals surface area contributed by atoms with Crippen LogP contribution in [0.15, 0.2) is 59.1 Å². The summed E-state index contributed by atoms with van der Waals surface area (Å²) in [7, 11) is -3.72. The van der Waals surface area contributed by atoms with Gasteiger partial charge < -0.3 is 10.2 Å². The van der Waals surface area contributed by atoms with Crippen molar-refractivity contribution in [1.82, 2.24) is 10.2 Å². The smallest absolute Gasteiger partial charge is 0.244 e. The standard InChI is InChI=1S/C23H30BrN3O4S/c1-17(2)25-23(29)18(3)26(15-14-19-8-6-5-7-9-19)22(28)16-27(32(4,30)31)21-12-10-20(24)11-13-21/h5-13,17-18H,14-16H2,1-4H3,(H,25,29)/t18-/m0/s1. The number of rotatable bonds is 10. The summed E-state index contributed by atoms with van der Waals surface area (Å²) in [5.74, 6) is -0.725. The van der Waals surface area contributed by atoms with Crippen LogP contribution in [-0.2, 0) is 26.0 Å². The number of sulfonamides is 1. The van der Waals surface area contributed by atoms with Crippen molar-refractivity contribution >= 4 is 43.5 Å². The van der Waals surface area contributed by atoms with Crippen molar-refractivity contribution in [1.29, 1.82) is 0 Å². The van der Waals surface area contributed by atoms with E-state index in [0.717, 1.165) is 20.6 Å². The molecule has 0 aliphatic carbocycles. The predicted molar refractivity (Wildman–Crippen MR) is 131 cm³/mol. The molecular formula is C23H30BrN3O4S. The predicted octanol–water partition coefficient (Wildman–Crippen LogP) is 3.20.